The van der Waals surface area contributed by atoms with E-state index in [1.807, 2.05) is 30.3 Å². The summed E-state index contributed by atoms with van der Waals surface area (Å²) in [4.78, 5) is 23.3. The quantitative estimate of drug-likeness (QED) is 0.765. The maximum absolute atomic E-state index is 11.8. The van der Waals surface area contributed by atoms with Crippen molar-refractivity contribution >= 4 is 11.7 Å². The molecular weight excluding hydrogens is 256 g/mol. The van der Waals surface area contributed by atoms with E-state index in [4.69, 9.17) is 10.5 Å². The Bertz CT molecular complexity index is 461. The van der Waals surface area contributed by atoms with Gasteiger partial charge < -0.3 is 15.8 Å². The van der Waals surface area contributed by atoms with Gasteiger partial charge in [-0.05, 0) is 18.4 Å². The molecule has 0 saturated carbocycles. The molecule has 1 saturated heterocycles. The van der Waals surface area contributed by atoms with Gasteiger partial charge in [-0.25, -0.2) is 0 Å². The van der Waals surface area contributed by atoms with Crippen LogP contribution in [-0.2, 0) is 20.9 Å². The minimum absolute atomic E-state index is 0.00143. The van der Waals surface area contributed by atoms with Crippen LogP contribution in [0.2, 0.25) is 0 Å². The lowest BCUT2D eigenvalue weighted by atomic mass is 9.97. The summed E-state index contributed by atoms with van der Waals surface area (Å²) in [6, 6.07) is 9.02. The van der Waals surface area contributed by atoms with E-state index < -0.39 is 6.04 Å². The van der Waals surface area contributed by atoms with Crippen LogP contribution in [0.25, 0.3) is 0 Å². The van der Waals surface area contributed by atoms with Crippen LogP contribution in [0.15, 0.2) is 30.3 Å². The maximum atomic E-state index is 11.8. The number of rotatable bonds is 7. The number of hydrogen-bond donors (Lipinski definition) is 2. The van der Waals surface area contributed by atoms with Gasteiger partial charge in [0.1, 0.15) is 6.61 Å². The first-order chi connectivity index (χ1) is 9.66. The number of hydrogen-bond acceptors (Lipinski definition) is 4. The number of benzene rings is 1. The van der Waals surface area contributed by atoms with Crippen molar-refractivity contribution in [1.29, 1.82) is 0 Å². The molecule has 5 heteroatoms. The Kier molecular flexibility index (Phi) is 5.26. The van der Waals surface area contributed by atoms with Crippen molar-refractivity contribution in [1.82, 2.24) is 5.32 Å². The molecule has 108 valence electrons. The molecule has 3 N–H and O–H groups in total. The van der Waals surface area contributed by atoms with Gasteiger partial charge in [-0.2, -0.15) is 0 Å². The van der Waals surface area contributed by atoms with Crippen molar-refractivity contribution in [2.75, 3.05) is 13.2 Å². The Morgan fingerprint density at radius 3 is 2.80 bits per heavy atom. The van der Waals surface area contributed by atoms with E-state index in [1.54, 1.807) is 0 Å². The molecule has 1 amide bonds. The summed E-state index contributed by atoms with van der Waals surface area (Å²) in [5.74, 6) is -0.290. The van der Waals surface area contributed by atoms with Crippen LogP contribution in [-0.4, -0.2) is 30.9 Å². The number of ether oxygens (including phenoxy) is 1. The fraction of sp³-hybridized carbons (Fsp3) is 0.467. The number of ketones is 1. The number of carbonyl (C=O) groups is 2. The van der Waals surface area contributed by atoms with Crippen molar-refractivity contribution in [2.45, 2.75) is 25.5 Å². The average molecular weight is 276 g/mol. The standard InChI is InChI=1S/C15H20N2O3/c16-13(8-12-6-7-17-15(12)19)14(18)10-20-9-11-4-2-1-3-5-11/h1-5,12-13H,6-10,16H2,(H,17,19)/t12-,13-/m0/s1. The summed E-state index contributed by atoms with van der Waals surface area (Å²) in [6.07, 6.45) is 1.16. The Morgan fingerprint density at radius 2 is 2.15 bits per heavy atom. The van der Waals surface area contributed by atoms with Crippen LogP contribution < -0.4 is 11.1 Å². The Hall–Kier alpha value is -1.72. The van der Waals surface area contributed by atoms with E-state index in [9.17, 15) is 9.59 Å². The largest absolute Gasteiger partial charge is 0.369 e. The maximum Gasteiger partial charge on any atom is 0.223 e. The van der Waals surface area contributed by atoms with Crippen LogP contribution in [0.4, 0.5) is 0 Å². The summed E-state index contributed by atoms with van der Waals surface area (Å²) in [5, 5.41) is 2.74. The van der Waals surface area contributed by atoms with Crippen LogP contribution in [0.1, 0.15) is 18.4 Å². The van der Waals surface area contributed by atoms with Gasteiger partial charge in [0, 0.05) is 12.5 Å². The third-order valence-electron chi connectivity index (χ3n) is 3.47. The second-order valence-electron chi connectivity index (χ2n) is 5.06. The van der Waals surface area contributed by atoms with Gasteiger partial charge in [0.15, 0.2) is 5.78 Å². The second-order valence-corrected chi connectivity index (χ2v) is 5.06. The van der Waals surface area contributed by atoms with Crippen molar-refractivity contribution in [3.8, 4) is 0 Å². The topological polar surface area (TPSA) is 81.4 Å². The monoisotopic (exact) mass is 276 g/mol. The van der Waals surface area contributed by atoms with E-state index in [0.29, 0.717) is 19.6 Å². The second kappa shape index (κ2) is 7.17. The molecule has 20 heavy (non-hydrogen) atoms. The predicted molar refractivity (Wildman–Crippen MR) is 74.8 cm³/mol. The molecular formula is C15H20N2O3. The van der Waals surface area contributed by atoms with Gasteiger partial charge in [0.25, 0.3) is 0 Å². The lowest BCUT2D eigenvalue weighted by Crippen LogP contribution is -2.36. The third-order valence-corrected chi connectivity index (χ3v) is 3.47. The molecule has 2 atom stereocenters. The molecule has 1 fully saturated rings. The van der Waals surface area contributed by atoms with Crippen LogP contribution in [0.3, 0.4) is 0 Å². The predicted octanol–water partition coefficient (Wildman–Crippen LogP) is 0.626. The average Bonchev–Trinajstić information content (AvgIpc) is 2.85. The molecule has 0 unspecified atom stereocenters. The summed E-state index contributed by atoms with van der Waals surface area (Å²) in [5.41, 5.74) is 6.85. The highest BCUT2D eigenvalue weighted by atomic mass is 16.5. The first-order valence-electron chi connectivity index (χ1n) is 6.84. The van der Waals surface area contributed by atoms with Crippen LogP contribution >= 0.6 is 0 Å². The molecule has 0 radical (unpaired) electrons. The summed E-state index contributed by atoms with van der Waals surface area (Å²) < 4.78 is 5.36. The minimum Gasteiger partial charge on any atom is -0.369 e. The van der Waals surface area contributed by atoms with Gasteiger partial charge in [-0.15, -0.1) is 0 Å². The van der Waals surface area contributed by atoms with E-state index in [2.05, 4.69) is 5.32 Å². The molecule has 1 aliphatic rings. The number of carbonyl (C=O) groups excluding carboxylic acids is 2. The van der Waals surface area contributed by atoms with E-state index in [-0.39, 0.29) is 24.2 Å². The highest BCUT2D eigenvalue weighted by Crippen LogP contribution is 2.15. The SMILES string of the molecule is N[C@@H](C[C@@H]1CCNC1=O)C(=O)COCc1ccccc1. The normalized spacial score (nSPS) is 19.6. The summed E-state index contributed by atoms with van der Waals surface area (Å²) in [7, 11) is 0. The highest BCUT2D eigenvalue weighted by molar-refractivity contribution is 5.86. The zero-order chi connectivity index (χ0) is 14.4. The lowest BCUT2D eigenvalue weighted by molar-refractivity contribution is -0.126. The molecule has 0 aliphatic carbocycles. The molecule has 0 bridgehead atoms. The fourth-order valence-corrected chi connectivity index (χ4v) is 2.26. The van der Waals surface area contributed by atoms with Crippen molar-refractivity contribution in [3.63, 3.8) is 0 Å². The van der Waals surface area contributed by atoms with Gasteiger partial charge in [-0.1, -0.05) is 30.3 Å². The first kappa shape index (κ1) is 14.7. The number of nitrogens with two attached hydrogens (primary N) is 1. The molecule has 0 aromatic heterocycles. The molecule has 5 nitrogen and oxygen atoms in total. The number of Topliss-reactive ketones (excluding diaryl/α,β-unsaturated/α-hetero) is 1. The molecule has 1 aromatic rings. The Balaban J connectivity index is 1.70. The zero-order valence-electron chi connectivity index (χ0n) is 11.4. The lowest BCUT2D eigenvalue weighted by Gasteiger charge is -2.13. The van der Waals surface area contributed by atoms with Crippen LogP contribution in [0.5, 0.6) is 0 Å². The minimum atomic E-state index is -0.625. The van der Waals surface area contributed by atoms with E-state index in [1.165, 1.54) is 0 Å². The number of nitrogens with one attached hydrogen (secondary N) is 1. The van der Waals surface area contributed by atoms with Gasteiger partial charge in [0.05, 0.1) is 12.6 Å². The highest BCUT2D eigenvalue weighted by Gasteiger charge is 2.28. The Morgan fingerprint density at radius 1 is 1.40 bits per heavy atom. The molecule has 2 rings (SSSR count). The third kappa shape index (κ3) is 4.15. The van der Waals surface area contributed by atoms with Crippen molar-refractivity contribution in [3.05, 3.63) is 35.9 Å². The molecule has 1 heterocycles. The summed E-state index contributed by atoms with van der Waals surface area (Å²) >= 11 is 0. The van der Waals surface area contributed by atoms with Crippen LogP contribution in [0, 0.1) is 5.92 Å². The first-order valence-corrected chi connectivity index (χ1v) is 6.84. The molecule has 0 spiro atoms. The molecule has 1 aromatic carbocycles. The smallest absolute Gasteiger partial charge is 0.223 e. The fourth-order valence-electron chi connectivity index (χ4n) is 2.26. The van der Waals surface area contributed by atoms with Gasteiger partial charge in [-0.3, -0.25) is 9.59 Å². The summed E-state index contributed by atoms with van der Waals surface area (Å²) in [6.45, 7) is 1.06. The zero-order valence-corrected chi connectivity index (χ0v) is 11.4. The molecule has 1 aliphatic heterocycles. The van der Waals surface area contributed by atoms with Gasteiger partial charge >= 0.3 is 0 Å². The Labute approximate surface area is 118 Å². The van der Waals surface area contributed by atoms with Crippen molar-refractivity contribution < 1.29 is 14.3 Å². The van der Waals surface area contributed by atoms with Gasteiger partial charge in [0.2, 0.25) is 5.91 Å². The van der Waals surface area contributed by atoms with Crippen molar-refractivity contribution in [2.24, 2.45) is 11.7 Å². The van der Waals surface area contributed by atoms with E-state index in [0.717, 1.165) is 12.0 Å². The number of amides is 1. The van der Waals surface area contributed by atoms with E-state index >= 15 is 0 Å².